The molecule has 0 radical (unpaired) electrons. The summed E-state index contributed by atoms with van der Waals surface area (Å²) in [4.78, 5) is 2.42. The van der Waals surface area contributed by atoms with E-state index in [1.807, 2.05) is 0 Å². The Kier molecular flexibility index (Phi) is 4.52. The maximum atomic E-state index is 6.40. The van der Waals surface area contributed by atoms with Gasteiger partial charge < -0.3 is 10.6 Å². The highest BCUT2D eigenvalue weighted by Gasteiger charge is 2.23. The van der Waals surface area contributed by atoms with Crippen molar-refractivity contribution in [3.05, 3.63) is 28.8 Å². The fourth-order valence-electron chi connectivity index (χ4n) is 2.61. The zero-order valence-corrected chi connectivity index (χ0v) is 12.1. The first-order valence-corrected chi connectivity index (χ1v) is 7.23. The van der Waals surface area contributed by atoms with Crippen molar-refractivity contribution < 1.29 is 0 Å². The smallest absolute Gasteiger partial charge is 0.0642 e. The van der Waals surface area contributed by atoms with Gasteiger partial charge in [-0.3, -0.25) is 0 Å². The van der Waals surface area contributed by atoms with Crippen LogP contribution in [-0.2, 0) is 6.42 Å². The lowest BCUT2D eigenvalue weighted by Crippen LogP contribution is -2.38. The van der Waals surface area contributed by atoms with Crippen LogP contribution in [0.4, 0.5) is 5.69 Å². The first kappa shape index (κ1) is 13.7. The van der Waals surface area contributed by atoms with Gasteiger partial charge in [0, 0.05) is 13.1 Å². The van der Waals surface area contributed by atoms with Gasteiger partial charge in [-0.2, -0.15) is 0 Å². The molecule has 0 spiro atoms. The van der Waals surface area contributed by atoms with Crippen LogP contribution >= 0.6 is 11.6 Å². The number of benzene rings is 1. The van der Waals surface area contributed by atoms with E-state index >= 15 is 0 Å². The van der Waals surface area contributed by atoms with Crippen molar-refractivity contribution in [1.82, 2.24) is 0 Å². The van der Waals surface area contributed by atoms with Crippen LogP contribution in [0.25, 0.3) is 0 Å². The van der Waals surface area contributed by atoms with Crippen LogP contribution in [0, 0.1) is 11.8 Å². The molecule has 2 N–H and O–H groups in total. The lowest BCUT2D eigenvalue weighted by molar-refractivity contribution is 0.324. The molecule has 1 aliphatic rings. The van der Waals surface area contributed by atoms with Gasteiger partial charge in [0.2, 0.25) is 0 Å². The van der Waals surface area contributed by atoms with Crippen LogP contribution in [0.1, 0.15) is 25.8 Å². The zero-order valence-electron chi connectivity index (χ0n) is 11.3. The quantitative estimate of drug-likeness (QED) is 0.909. The summed E-state index contributed by atoms with van der Waals surface area (Å²) in [7, 11) is 0. The topological polar surface area (TPSA) is 29.3 Å². The largest absolute Gasteiger partial charge is 0.370 e. The second-order valence-corrected chi connectivity index (χ2v) is 5.92. The Bertz CT molecular complexity index is 405. The average Bonchev–Trinajstić information content (AvgIpc) is 2.34. The van der Waals surface area contributed by atoms with Gasteiger partial charge in [-0.1, -0.05) is 31.5 Å². The Morgan fingerprint density at radius 2 is 2.11 bits per heavy atom. The molecule has 2 rings (SSSR count). The molecule has 1 aromatic rings. The molecule has 1 saturated heterocycles. The van der Waals surface area contributed by atoms with Crippen LogP contribution in [0.5, 0.6) is 0 Å². The fourth-order valence-corrected chi connectivity index (χ4v) is 2.93. The van der Waals surface area contributed by atoms with Crippen LogP contribution in [0.15, 0.2) is 18.2 Å². The lowest BCUT2D eigenvalue weighted by atomic mass is 9.88. The van der Waals surface area contributed by atoms with Gasteiger partial charge in [-0.05, 0) is 48.9 Å². The highest BCUT2D eigenvalue weighted by molar-refractivity contribution is 6.33. The van der Waals surface area contributed by atoms with Gasteiger partial charge in [-0.25, -0.2) is 0 Å². The molecule has 1 aliphatic heterocycles. The van der Waals surface area contributed by atoms with E-state index < -0.39 is 0 Å². The van der Waals surface area contributed by atoms with Gasteiger partial charge in [0.15, 0.2) is 0 Å². The maximum absolute atomic E-state index is 6.40. The highest BCUT2D eigenvalue weighted by Crippen LogP contribution is 2.32. The van der Waals surface area contributed by atoms with E-state index in [0.29, 0.717) is 6.54 Å². The summed E-state index contributed by atoms with van der Waals surface area (Å²) in [6, 6.07) is 6.36. The van der Waals surface area contributed by atoms with Gasteiger partial charge in [0.1, 0.15) is 0 Å². The molecule has 2 atom stereocenters. The van der Waals surface area contributed by atoms with Gasteiger partial charge in [-0.15, -0.1) is 0 Å². The maximum Gasteiger partial charge on any atom is 0.0642 e. The average molecular weight is 267 g/mol. The van der Waals surface area contributed by atoms with Gasteiger partial charge >= 0.3 is 0 Å². The predicted molar refractivity (Wildman–Crippen MR) is 79.4 cm³/mol. The minimum Gasteiger partial charge on any atom is -0.370 e. The second-order valence-electron chi connectivity index (χ2n) is 5.51. The number of hydrogen-bond acceptors (Lipinski definition) is 2. The van der Waals surface area contributed by atoms with E-state index in [4.69, 9.17) is 17.3 Å². The first-order valence-electron chi connectivity index (χ1n) is 6.85. The number of hydrogen-bond donors (Lipinski definition) is 1. The van der Waals surface area contributed by atoms with Crippen molar-refractivity contribution in [2.45, 2.75) is 26.7 Å². The van der Waals surface area contributed by atoms with E-state index in [1.54, 1.807) is 0 Å². The third-order valence-electron chi connectivity index (χ3n) is 4.12. The van der Waals surface area contributed by atoms with E-state index in [0.717, 1.165) is 36.4 Å². The number of halogens is 1. The number of anilines is 1. The molecule has 0 amide bonds. The molecule has 18 heavy (non-hydrogen) atoms. The SMILES string of the molecule is CC1CCN(c2ccc(CCN)cc2Cl)CC1C. The van der Waals surface area contributed by atoms with Crippen molar-refractivity contribution in [3.63, 3.8) is 0 Å². The minimum absolute atomic E-state index is 0.675. The molecule has 1 fully saturated rings. The van der Waals surface area contributed by atoms with Crippen molar-refractivity contribution in [2.75, 3.05) is 24.5 Å². The Labute approximate surface area is 115 Å². The van der Waals surface area contributed by atoms with Crippen molar-refractivity contribution in [2.24, 2.45) is 17.6 Å². The van der Waals surface area contributed by atoms with Crippen LogP contribution < -0.4 is 10.6 Å². The predicted octanol–water partition coefficient (Wildman–Crippen LogP) is 3.32. The highest BCUT2D eigenvalue weighted by atomic mass is 35.5. The molecule has 1 aromatic carbocycles. The minimum atomic E-state index is 0.675. The Hall–Kier alpha value is -0.730. The summed E-state index contributed by atoms with van der Waals surface area (Å²) >= 11 is 6.40. The molecular weight excluding hydrogens is 244 g/mol. The molecule has 2 unspecified atom stereocenters. The molecule has 1 heterocycles. The summed E-state index contributed by atoms with van der Waals surface area (Å²) in [5.41, 5.74) is 7.98. The van der Waals surface area contributed by atoms with Crippen molar-refractivity contribution in [1.29, 1.82) is 0 Å². The van der Waals surface area contributed by atoms with Crippen LogP contribution in [0.3, 0.4) is 0 Å². The Morgan fingerprint density at radius 3 is 2.72 bits per heavy atom. The van der Waals surface area contributed by atoms with E-state index in [9.17, 15) is 0 Å². The zero-order chi connectivity index (χ0) is 13.1. The van der Waals surface area contributed by atoms with Gasteiger partial charge in [0.25, 0.3) is 0 Å². The molecule has 0 aromatic heterocycles. The Morgan fingerprint density at radius 1 is 1.33 bits per heavy atom. The molecular formula is C15H23ClN2. The van der Waals surface area contributed by atoms with Crippen LogP contribution in [-0.4, -0.2) is 19.6 Å². The third kappa shape index (κ3) is 2.99. The van der Waals surface area contributed by atoms with Crippen LogP contribution in [0.2, 0.25) is 5.02 Å². The molecule has 100 valence electrons. The number of rotatable bonds is 3. The van der Waals surface area contributed by atoms with E-state index in [1.165, 1.54) is 17.7 Å². The first-order chi connectivity index (χ1) is 8.61. The standard InChI is InChI=1S/C15H23ClN2/c1-11-6-8-18(10-12(11)2)15-4-3-13(5-7-17)9-14(15)16/h3-4,9,11-12H,5-8,10,17H2,1-2H3. The van der Waals surface area contributed by atoms with Crippen molar-refractivity contribution in [3.8, 4) is 0 Å². The molecule has 0 bridgehead atoms. The summed E-state index contributed by atoms with van der Waals surface area (Å²) in [5.74, 6) is 1.55. The third-order valence-corrected chi connectivity index (χ3v) is 4.42. The number of nitrogens with zero attached hydrogens (tertiary/aromatic N) is 1. The number of nitrogens with two attached hydrogens (primary N) is 1. The molecule has 0 aliphatic carbocycles. The molecule has 2 nitrogen and oxygen atoms in total. The summed E-state index contributed by atoms with van der Waals surface area (Å²) in [6.07, 6.45) is 2.15. The Balaban J connectivity index is 2.13. The van der Waals surface area contributed by atoms with Gasteiger partial charge in [0.05, 0.1) is 10.7 Å². The van der Waals surface area contributed by atoms with E-state index in [2.05, 4.69) is 36.9 Å². The second kappa shape index (κ2) is 5.94. The number of piperidine rings is 1. The molecule has 0 saturated carbocycles. The lowest BCUT2D eigenvalue weighted by Gasteiger charge is -2.37. The van der Waals surface area contributed by atoms with E-state index in [-0.39, 0.29) is 0 Å². The van der Waals surface area contributed by atoms with Crippen molar-refractivity contribution >= 4 is 17.3 Å². The molecule has 3 heteroatoms. The summed E-state index contributed by atoms with van der Waals surface area (Å²) in [5, 5.41) is 0.864. The summed E-state index contributed by atoms with van der Waals surface area (Å²) in [6.45, 7) is 7.56. The monoisotopic (exact) mass is 266 g/mol. The fraction of sp³-hybridized carbons (Fsp3) is 0.600. The summed E-state index contributed by atoms with van der Waals surface area (Å²) < 4.78 is 0. The normalized spacial score (nSPS) is 24.3.